The Morgan fingerprint density at radius 2 is 1.78 bits per heavy atom. The van der Waals surface area contributed by atoms with E-state index in [1.165, 1.54) is 0 Å². The largest absolute Gasteiger partial charge is 0.370 e. The van der Waals surface area contributed by atoms with Crippen molar-refractivity contribution in [2.24, 2.45) is 0 Å². The molecule has 0 saturated carbocycles. The number of nitrogens with zero attached hydrogens (tertiary/aromatic N) is 4. The summed E-state index contributed by atoms with van der Waals surface area (Å²) in [5.74, 6) is 0.878. The van der Waals surface area contributed by atoms with E-state index in [-0.39, 0.29) is 11.9 Å². The molecule has 8 nitrogen and oxygen atoms in total. The number of hydrogen-bond acceptors (Lipinski definition) is 6. The van der Waals surface area contributed by atoms with Crippen molar-refractivity contribution in [2.45, 2.75) is 25.7 Å². The lowest BCUT2D eigenvalue weighted by Gasteiger charge is -2.10. The van der Waals surface area contributed by atoms with Crippen molar-refractivity contribution >= 4 is 23.7 Å². The summed E-state index contributed by atoms with van der Waals surface area (Å²) in [6.07, 6.45) is 14.8. The predicted octanol–water partition coefficient (Wildman–Crippen LogP) is 4.71. The molecule has 0 unspecified atom stereocenters. The average Bonchev–Trinajstić information content (AvgIpc) is 3.45. The van der Waals surface area contributed by atoms with Crippen LogP contribution < -0.4 is 16.4 Å². The van der Waals surface area contributed by atoms with E-state index in [0.29, 0.717) is 6.54 Å². The number of aromatic nitrogens is 4. The number of amides is 1. The Morgan fingerprint density at radius 1 is 0.944 bits per heavy atom. The first-order valence-electron chi connectivity index (χ1n) is 12.2. The summed E-state index contributed by atoms with van der Waals surface area (Å²) in [6.45, 7) is 1.46. The van der Waals surface area contributed by atoms with Gasteiger partial charge in [-0.3, -0.25) is 9.78 Å². The smallest absolute Gasteiger partial charge is 0.243 e. The Kier molecular flexibility index (Phi) is 8.80. The Labute approximate surface area is 211 Å². The van der Waals surface area contributed by atoms with Gasteiger partial charge in [0.2, 0.25) is 11.9 Å². The molecular formula is C28H31N7O. The van der Waals surface area contributed by atoms with Gasteiger partial charge in [0.15, 0.2) is 0 Å². The molecule has 0 spiro atoms. The monoisotopic (exact) mass is 481 g/mol. The second-order valence-electron chi connectivity index (χ2n) is 8.39. The maximum atomic E-state index is 11.9. The van der Waals surface area contributed by atoms with Crippen LogP contribution in [-0.2, 0) is 4.79 Å². The van der Waals surface area contributed by atoms with Crippen LogP contribution in [0.4, 0.5) is 11.8 Å². The van der Waals surface area contributed by atoms with Gasteiger partial charge in [-0.15, -0.1) is 0 Å². The van der Waals surface area contributed by atoms with E-state index >= 15 is 0 Å². The highest BCUT2D eigenvalue weighted by Crippen LogP contribution is 2.23. The van der Waals surface area contributed by atoms with Crippen molar-refractivity contribution in [1.29, 1.82) is 0 Å². The average molecular weight is 482 g/mol. The van der Waals surface area contributed by atoms with Crippen LogP contribution in [0, 0.1) is 0 Å². The maximum Gasteiger partial charge on any atom is 0.243 e. The molecule has 4 aromatic rings. The molecule has 0 bridgehead atoms. The fraction of sp³-hybridized carbons (Fsp3) is 0.214. The molecule has 4 N–H and O–H groups in total. The van der Waals surface area contributed by atoms with Crippen molar-refractivity contribution < 1.29 is 4.79 Å². The number of carbonyl (C=O) groups excluding carboxylic acids is 1. The van der Waals surface area contributed by atoms with Crippen molar-refractivity contribution in [2.75, 3.05) is 24.1 Å². The van der Waals surface area contributed by atoms with Gasteiger partial charge >= 0.3 is 0 Å². The van der Waals surface area contributed by atoms with Gasteiger partial charge in [0.25, 0.3) is 0 Å². The van der Waals surface area contributed by atoms with Crippen LogP contribution in [0.1, 0.15) is 31.2 Å². The summed E-state index contributed by atoms with van der Waals surface area (Å²) in [6, 6.07) is 17.8. The van der Waals surface area contributed by atoms with Gasteiger partial charge in [-0.1, -0.05) is 31.0 Å². The Hall–Kier alpha value is -4.46. The van der Waals surface area contributed by atoms with Crippen LogP contribution in [0.3, 0.4) is 0 Å². The van der Waals surface area contributed by atoms with Crippen molar-refractivity contribution in [3.8, 4) is 16.9 Å². The third kappa shape index (κ3) is 7.53. The third-order valence-corrected chi connectivity index (χ3v) is 5.61. The fourth-order valence-electron chi connectivity index (χ4n) is 3.77. The zero-order valence-corrected chi connectivity index (χ0v) is 20.2. The highest BCUT2D eigenvalue weighted by atomic mass is 16.1. The number of nitrogen functional groups attached to an aromatic ring is 1. The first kappa shape index (κ1) is 24.7. The molecule has 0 fully saturated rings. The van der Waals surface area contributed by atoms with Crippen LogP contribution in [0.25, 0.3) is 23.0 Å². The maximum absolute atomic E-state index is 11.9. The van der Waals surface area contributed by atoms with Crippen molar-refractivity contribution in [3.05, 3.63) is 91.0 Å². The normalized spacial score (nSPS) is 11.0. The molecule has 0 aliphatic rings. The van der Waals surface area contributed by atoms with Crippen LogP contribution >= 0.6 is 0 Å². The second kappa shape index (κ2) is 12.9. The van der Waals surface area contributed by atoms with Gasteiger partial charge in [-0.05, 0) is 54.8 Å². The number of pyridine rings is 1. The van der Waals surface area contributed by atoms with Crippen LogP contribution in [-0.4, -0.2) is 38.5 Å². The summed E-state index contributed by atoms with van der Waals surface area (Å²) in [4.78, 5) is 24.7. The molecule has 0 saturated heterocycles. The molecule has 0 aliphatic heterocycles. The number of nitrogens with two attached hydrogens (primary N) is 1. The van der Waals surface area contributed by atoms with E-state index in [1.807, 2.05) is 54.9 Å². The fourth-order valence-corrected chi connectivity index (χ4v) is 3.77. The number of anilines is 2. The molecule has 1 aromatic carbocycles. The lowest BCUT2D eigenvalue weighted by molar-refractivity contribution is -0.116. The Balaban J connectivity index is 1.17. The first-order chi connectivity index (χ1) is 17.7. The number of carbonyl (C=O) groups is 1. The topological polar surface area (TPSA) is 111 Å². The standard InChI is InChI=1S/C28H31N7O/c29-28-33-25(23-10-7-11-24(19-23)35-17-5-6-18-35)20-26(34-28)31-15-3-1-2-4-16-32-27(36)13-12-22-9-8-14-30-21-22/h5-14,17-21H,1-4,15-16H2,(H,32,36)(H3,29,31,33,34)/b13-12+. The minimum atomic E-state index is -0.0865. The lowest BCUT2D eigenvalue weighted by Crippen LogP contribution is -2.22. The highest BCUT2D eigenvalue weighted by molar-refractivity contribution is 5.91. The minimum absolute atomic E-state index is 0.0865. The van der Waals surface area contributed by atoms with E-state index in [4.69, 9.17) is 5.73 Å². The van der Waals surface area contributed by atoms with E-state index in [2.05, 4.69) is 42.3 Å². The van der Waals surface area contributed by atoms with Gasteiger partial charge in [0.05, 0.1) is 5.69 Å². The summed E-state index contributed by atoms with van der Waals surface area (Å²) in [5.41, 5.74) is 9.72. The second-order valence-corrected chi connectivity index (χ2v) is 8.39. The molecule has 36 heavy (non-hydrogen) atoms. The highest BCUT2D eigenvalue weighted by Gasteiger charge is 2.07. The molecule has 0 radical (unpaired) electrons. The van der Waals surface area contributed by atoms with E-state index in [1.54, 1.807) is 24.5 Å². The number of nitrogens with one attached hydrogen (secondary N) is 2. The molecule has 8 heteroatoms. The molecule has 4 rings (SSSR count). The predicted molar refractivity (Wildman–Crippen MR) is 144 cm³/mol. The van der Waals surface area contributed by atoms with Gasteiger partial charge in [0.1, 0.15) is 5.82 Å². The number of unbranched alkanes of at least 4 members (excludes halogenated alkanes) is 3. The van der Waals surface area contributed by atoms with Crippen LogP contribution in [0.5, 0.6) is 0 Å². The van der Waals surface area contributed by atoms with Gasteiger partial charge in [0, 0.05) is 61.3 Å². The summed E-state index contributed by atoms with van der Waals surface area (Å²) in [5, 5.41) is 6.28. The van der Waals surface area contributed by atoms with Crippen molar-refractivity contribution in [1.82, 2.24) is 24.8 Å². The van der Waals surface area contributed by atoms with Crippen molar-refractivity contribution in [3.63, 3.8) is 0 Å². The van der Waals surface area contributed by atoms with Gasteiger partial charge in [-0.25, -0.2) is 4.98 Å². The SMILES string of the molecule is Nc1nc(NCCCCCCNC(=O)/C=C/c2cccnc2)cc(-c2cccc(-n3cccc3)c2)n1. The molecule has 0 aliphatic carbocycles. The summed E-state index contributed by atoms with van der Waals surface area (Å²) < 4.78 is 2.05. The summed E-state index contributed by atoms with van der Waals surface area (Å²) in [7, 11) is 0. The Morgan fingerprint density at radius 3 is 2.58 bits per heavy atom. The van der Waals surface area contributed by atoms with Gasteiger partial charge in [-0.2, -0.15) is 4.98 Å². The summed E-state index contributed by atoms with van der Waals surface area (Å²) >= 11 is 0. The Bertz CT molecular complexity index is 1270. The van der Waals surface area contributed by atoms with E-state index < -0.39 is 0 Å². The quantitative estimate of drug-likeness (QED) is 0.200. The number of hydrogen-bond donors (Lipinski definition) is 3. The lowest BCUT2D eigenvalue weighted by atomic mass is 10.1. The molecular weight excluding hydrogens is 450 g/mol. The zero-order chi connectivity index (χ0) is 25.0. The van der Waals surface area contributed by atoms with E-state index in [0.717, 1.165) is 60.6 Å². The molecule has 3 heterocycles. The minimum Gasteiger partial charge on any atom is -0.370 e. The third-order valence-electron chi connectivity index (χ3n) is 5.61. The molecule has 184 valence electrons. The molecule has 0 atom stereocenters. The number of rotatable bonds is 12. The first-order valence-corrected chi connectivity index (χ1v) is 12.2. The van der Waals surface area contributed by atoms with E-state index in [9.17, 15) is 4.79 Å². The number of benzene rings is 1. The van der Waals surface area contributed by atoms with Crippen LogP contribution in [0.2, 0.25) is 0 Å². The molecule has 3 aromatic heterocycles. The van der Waals surface area contributed by atoms with Crippen LogP contribution in [0.15, 0.2) is 85.5 Å². The zero-order valence-electron chi connectivity index (χ0n) is 20.2. The van der Waals surface area contributed by atoms with Gasteiger partial charge < -0.3 is 20.9 Å². The molecule has 1 amide bonds.